The molecule has 1 nitrogen and oxygen atoms in total. The Labute approximate surface area is 89.9 Å². The highest BCUT2D eigenvalue weighted by Gasteiger charge is 2.22. The Morgan fingerprint density at radius 3 is 2.71 bits per heavy atom. The number of likely N-dealkylation sites (tertiary alicyclic amines) is 1. The first-order valence-electron chi connectivity index (χ1n) is 6.52. The highest BCUT2D eigenvalue weighted by molar-refractivity contribution is 4.77. The lowest BCUT2D eigenvalue weighted by Gasteiger charge is -2.37. The predicted octanol–water partition coefficient (Wildman–Crippen LogP) is 3.69. The summed E-state index contributed by atoms with van der Waals surface area (Å²) >= 11 is 0. The zero-order chi connectivity index (χ0) is 10.4. The van der Waals surface area contributed by atoms with Crippen molar-refractivity contribution in [2.24, 2.45) is 5.92 Å². The highest BCUT2D eigenvalue weighted by atomic mass is 15.2. The first kappa shape index (κ1) is 12.0. The smallest absolute Gasteiger partial charge is 0.00952 e. The number of rotatable bonds is 5. The summed E-state index contributed by atoms with van der Waals surface area (Å²) in [6.45, 7) is 9.70. The molecule has 0 aromatic rings. The van der Waals surface area contributed by atoms with Crippen molar-refractivity contribution in [2.75, 3.05) is 13.1 Å². The van der Waals surface area contributed by atoms with E-state index in [1.165, 1.54) is 51.6 Å². The minimum Gasteiger partial charge on any atom is -0.300 e. The van der Waals surface area contributed by atoms with E-state index in [1.54, 1.807) is 0 Å². The molecular formula is C13H27N. The van der Waals surface area contributed by atoms with Crippen LogP contribution in [0.25, 0.3) is 0 Å². The highest BCUT2D eigenvalue weighted by Crippen LogP contribution is 2.22. The van der Waals surface area contributed by atoms with Crippen molar-refractivity contribution in [2.45, 2.75) is 65.3 Å². The van der Waals surface area contributed by atoms with Gasteiger partial charge in [-0.25, -0.2) is 0 Å². The Morgan fingerprint density at radius 2 is 2.07 bits per heavy atom. The molecular weight excluding hydrogens is 170 g/mol. The lowest BCUT2D eigenvalue weighted by atomic mass is 9.96. The molecule has 2 atom stereocenters. The molecule has 0 radical (unpaired) electrons. The van der Waals surface area contributed by atoms with E-state index in [4.69, 9.17) is 0 Å². The minimum absolute atomic E-state index is 0.882. The molecule has 14 heavy (non-hydrogen) atoms. The number of piperidine rings is 1. The van der Waals surface area contributed by atoms with Crippen molar-refractivity contribution in [1.29, 1.82) is 0 Å². The van der Waals surface area contributed by atoms with Crippen LogP contribution >= 0.6 is 0 Å². The Bertz CT molecular complexity index is 142. The van der Waals surface area contributed by atoms with E-state index in [-0.39, 0.29) is 0 Å². The van der Waals surface area contributed by atoms with Crippen LogP contribution in [-0.2, 0) is 0 Å². The molecule has 0 spiro atoms. The summed E-state index contributed by atoms with van der Waals surface area (Å²) < 4.78 is 0. The minimum atomic E-state index is 0.882. The molecule has 84 valence electrons. The van der Waals surface area contributed by atoms with Gasteiger partial charge >= 0.3 is 0 Å². The van der Waals surface area contributed by atoms with Gasteiger partial charge in [0.25, 0.3) is 0 Å². The second kappa shape index (κ2) is 6.44. The van der Waals surface area contributed by atoms with Gasteiger partial charge in [-0.3, -0.25) is 0 Å². The third kappa shape index (κ3) is 3.61. The van der Waals surface area contributed by atoms with E-state index < -0.39 is 0 Å². The molecule has 0 aromatic heterocycles. The van der Waals surface area contributed by atoms with Crippen molar-refractivity contribution in [3.05, 3.63) is 0 Å². The zero-order valence-corrected chi connectivity index (χ0v) is 10.3. The van der Waals surface area contributed by atoms with Crippen LogP contribution in [0.2, 0.25) is 0 Å². The van der Waals surface area contributed by atoms with E-state index in [0.717, 1.165) is 12.0 Å². The molecule has 0 N–H and O–H groups in total. The molecule has 0 aromatic carbocycles. The molecule has 1 rings (SSSR count). The van der Waals surface area contributed by atoms with Gasteiger partial charge in [0.2, 0.25) is 0 Å². The molecule has 0 saturated carbocycles. The maximum Gasteiger partial charge on any atom is 0.00952 e. The Hall–Kier alpha value is -0.0400. The Kier molecular flexibility index (Phi) is 5.54. The number of nitrogens with zero attached hydrogens (tertiary/aromatic N) is 1. The summed E-state index contributed by atoms with van der Waals surface area (Å²) in [5, 5.41) is 0. The van der Waals surface area contributed by atoms with Gasteiger partial charge in [0, 0.05) is 12.6 Å². The van der Waals surface area contributed by atoms with Crippen LogP contribution in [0.1, 0.15) is 59.3 Å². The van der Waals surface area contributed by atoms with Crippen LogP contribution in [0, 0.1) is 5.92 Å². The van der Waals surface area contributed by atoms with E-state index in [1.807, 2.05) is 0 Å². The SMILES string of the molecule is CCCC1CCCCN1CC(C)CC. The van der Waals surface area contributed by atoms with Crippen LogP contribution in [0.5, 0.6) is 0 Å². The van der Waals surface area contributed by atoms with Gasteiger partial charge in [0.05, 0.1) is 0 Å². The molecule has 1 aliphatic heterocycles. The van der Waals surface area contributed by atoms with Crippen molar-refractivity contribution >= 4 is 0 Å². The predicted molar refractivity (Wildman–Crippen MR) is 63.6 cm³/mol. The molecule has 1 fully saturated rings. The van der Waals surface area contributed by atoms with Gasteiger partial charge in [-0.2, -0.15) is 0 Å². The summed E-state index contributed by atoms with van der Waals surface area (Å²) in [6, 6.07) is 0.905. The van der Waals surface area contributed by atoms with Crippen LogP contribution < -0.4 is 0 Å². The van der Waals surface area contributed by atoms with Gasteiger partial charge in [-0.15, -0.1) is 0 Å². The van der Waals surface area contributed by atoms with Crippen LogP contribution in [0.4, 0.5) is 0 Å². The molecule has 1 heterocycles. The van der Waals surface area contributed by atoms with Crippen LogP contribution in [-0.4, -0.2) is 24.0 Å². The van der Waals surface area contributed by atoms with Gasteiger partial charge in [0.1, 0.15) is 0 Å². The molecule has 0 bridgehead atoms. The lowest BCUT2D eigenvalue weighted by molar-refractivity contribution is 0.120. The van der Waals surface area contributed by atoms with Gasteiger partial charge in [0.15, 0.2) is 0 Å². The Balaban J connectivity index is 2.37. The fourth-order valence-electron chi connectivity index (χ4n) is 2.49. The number of hydrogen-bond acceptors (Lipinski definition) is 1. The maximum absolute atomic E-state index is 2.75. The quantitative estimate of drug-likeness (QED) is 0.650. The normalized spacial score (nSPS) is 26.4. The largest absolute Gasteiger partial charge is 0.300 e. The number of hydrogen-bond donors (Lipinski definition) is 0. The fraction of sp³-hybridized carbons (Fsp3) is 1.00. The van der Waals surface area contributed by atoms with Crippen molar-refractivity contribution < 1.29 is 0 Å². The van der Waals surface area contributed by atoms with Crippen molar-refractivity contribution in [3.63, 3.8) is 0 Å². The molecule has 0 aliphatic carbocycles. The first-order valence-corrected chi connectivity index (χ1v) is 6.52. The van der Waals surface area contributed by atoms with Crippen LogP contribution in [0.15, 0.2) is 0 Å². The van der Waals surface area contributed by atoms with E-state index in [9.17, 15) is 0 Å². The molecule has 2 unspecified atom stereocenters. The van der Waals surface area contributed by atoms with E-state index in [2.05, 4.69) is 25.7 Å². The molecule has 0 amide bonds. The van der Waals surface area contributed by atoms with Crippen molar-refractivity contribution in [1.82, 2.24) is 4.90 Å². The van der Waals surface area contributed by atoms with E-state index in [0.29, 0.717) is 0 Å². The summed E-state index contributed by atoms with van der Waals surface area (Å²) in [5.74, 6) is 0.882. The third-order valence-electron chi connectivity index (χ3n) is 3.61. The van der Waals surface area contributed by atoms with Gasteiger partial charge in [-0.05, 0) is 31.7 Å². The maximum atomic E-state index is 2.75. The average Bonchev–Trinajstić information content (AvgIpc) is 2.21. The molecule has 1 saturated heterocycles. The van der Waals surface area contributed by atoms with E-state index >= 15 is 0 Å². The first-order chi connectivity index (χ1) is 6.77. The summed E-state index contributed by atoms with van der Waals surface area (Å²) in [5.41, 5.74) is 0. The third-order valence-corrected chi connectivity index (χ3v) is 3.61. The average molecular weight is 197 g/mol. The fourth-order valence-corrected chi connectivity index (χ4v) is 2.49. The second-order valence-corrected chi connectivity index (χ2v) is 4.95. The summed E-state index contributed by atoms with van der Waals surface area (Å²) in [7, 11) is 0. The molecule has 1 heteroatoms. The topological polar surface area (TPSA) is 3.24 Å². The van der Waals surface area contributed by atoms with Crippen LogP contribution in [0.3, 0.4) is 0 Å². The zero-order valence-electron chi connectivity index (χ0n) is 10.3. The van der Waals surface area contributed by atoms with Crippen molar-refractivity contribution in [3.8, 4) is 0 Å². The lowest BCUT2D eigenvalue weighted by Crippen LogP contribution is -2.41. The van der Waals surface area contributed by atoms with Gasteiger partial charge in [-0.1, -0.05) is 40.0 Å². The summed E-state index contributed by atoms with van der Waals surface area (Å²) in [4.78, 5) is 2.75. The molecule has 1 aliphatic rings. The second-order valence-electron chi connectivity index (χ2n) is 4.95. The Morgan fingerprint density at radius 1 is 1.29 bits per heavy atom. The standard InChI is InChI=1S/C13H27N/c1-4-8-13-9-6-7-10-14(13)11-12(3)5-2/h12-13H,4-11H2,1-3H3. The monoisotopic (exact) mass is 197 g/mol. The van der Waals surface area contributed by atoms with Gasteiger partial charge < -0.3 is 4.90 Å². The summed E-state index contributed by atoms with van der Waals surface area (Å²) in [6.07, 6.45) is 8.43.